The maximum atomic E-state index is 11.8. The monoisotopic (exact) mass is 222 g/mol. The molecule has 1 saturated heterocycles. The lowest BCUT2D eigenvalue weighted by molar-refractivity contribution is -0.124. The molecule has 2 unspecified atom stereocenters. The second-order valence-electron chi connectivity index (χ2n) is 4.39. The molecule has 0 spiro atoms. The number of hydrogen-bond acceptors (Lipinski definition) is 3. The van der Waals surface area contributed by atoms with Gasteiger partial charge in [0.1, 0.15) is 5.82 Å². The summed E-state index contributed by atoms with van der Waals surface area (Å²) >= 11 is 0. The first-order valence-electron chi connectivity index (χ1n) is 5.75. The highest BCUT2D eigenvalue weighted by atomic mass is 16.2. The third-order valence-electron chi connectivity index (χ3n) is 2.97. The largest absolute Gasteiger partial charge is 0.348 e. The summed E-state index contributed by atoms with van der Waals surface area (Å²) in [6.45, 7) is 3.59. The summed E-state index contributed by atoms with van der Waals surface area (Å²) in [5.41, 5.74) is 0. The summed E-state index contributed by atoms with van der Waals surface area (Å²) in [7, 11) is 0. The van der Waals surface area contributed by atoms with E-state index in [9.17, 15) is 4.79 Å². The van der Waals surface area contributed by atoms with E-state index in [4.69, 9.17) is 0 Å². The van der Waals surface area contributed by atoms with Crippen molar-refractivity contribution in [2.75, 3.05) is 6.54 Å². The molecule has 0 bridgehead atoms. The van der Waals surface area contributed by atoms with Gasteiger partial charge in [-0.1, -0.05) is 6.92 Å². The number of imidazole rings is 1. The van der Waals surface area contributed by atoms with Crippen molar-refractivity contribution < 1.29 is 4.79 Å². The van der Waals surface area contributed by atoms with E-state index in [1.54, 1.807) is 12.4 Å². The van der Waals surface area contributed by atoms with Gasteiger partial charge in [0, 0.05) is 12.4 Å². The Morgan fingerprint density at radius 2 is 2.56 bits per heavy atom. The average molecular weight is 222 g/mol. The quantitative estimate of drug-likeness (QED) is 0.694. The van der Waals surface area contributed by atoms with E-state index in [0.717, 1.165) is 25.2 Å². The highest BCUT2D eigenvalue weighted by Crippen LogP contribution is 2.14. The predicted molar refractivity (Wildman–Crippen MR) is 60.6 cm³/mol. The van der Waals surface area contributed by atoms with Crippen molar-refractivity contribution in [1.82, 2.24) is 20.6 Å². The average Bonchev–Trinajstić information content (AvgIpc) is 2.78. The fourth-order valence-corrected chi connectivity index (χ4v) is 2.00. The maximum absolute atomic E-state index is 11.8. The van der Waals surface area contributed by atoms with Crippen LogP contribution in [0.2, 0.25) is 0 Å². The van der Waals surface area contributed by atoms with Crippen LogP contribution in [0.3, 0.4) is 0 Å². The van der Waals surface area contributed by atoms with Gasteiger partial charge in [-0.05, 0) is 25.3 Å². The lowest BCUT2D eigenvalue weighted by Gasteiger charge is -2.27. The van der Waals surface area contributed by atoms with Crippen molar-refractivity contribution in [3.05, 3.63) is 18.2 Å². The van der Waals surface area contributed by atoms with Crippen LogP contribution in [0.4, 0.5) is 0 Å². The third-order valence-corrected chi connectivity index (χ3v) is 2.97. The highest BCUT2D eigenvalue weighted by Gasteiger charge is 2.24. The molecule has 1 aromatic rings. The molecule has 1 aromatic heterocycles. The smallest absolute Gasteiger partial charge is 0.237 e. The van der Waals surface area contributed by atoms with Gasteiger partial charge in [-0.15, -0.1) is 0 Å². The van der Waals surface area contributed by atoms with Crippen molar-refractivity contribution in [2.24, 2.45) is 5.92 Å². The first kappa shape index (κ1) is 11.1. The SMILES string of the molecule is CC1CCNC(C(=O)NCc2ncc[nH]2)C1. The van der Waals surface area contributed by atoms with E-state index >= 15 is 0 Å². The van der Waals surface area contributed by atoms with Gasteiger partial charge in [0.2, 0.25) is 5.91 Å². The topological polar surface area (TPSA) is 69.8 Å². The van der Waals surface area contributed by atoms with Crippen molar-refractivity contribution >= 4 is 5.91 Å². The number of aromatic nitrogens is 2. The van der Waals surface area contributed by atoms with Crippen LogP contribution in [0, 0.1) is 5.92 Å². The molecule has 1 amide bonds. The highest BCUT2D eigenvalue weighted by molar-refractivity contribution is 5.81. The fraction of sp³-hybridized carbons (Fsp3) is 0.636. The molecule has 1 fully saturated rings. The second kappa shape index (κ2) is 5.12. The molecule has 2 atom stereocenters. The van der Waals surface area contributed by atoms with Crippen LogP contribution in [-0.2, 0) is 11.3 Å². The zero-order valence-corrected chi connectivity index (χ0v) is 9.49. The summed E-state index contributed by atoms with van der Waals surface area (Å²) in [6, 6.07) is -0.0429. The molecule has 2 rings (SSSR count). The molecule has 5 nitrogen and oxygen atoms in total. The Kier molecular flexibility index (Phi) is 3.56. The van der Waals surface area contributed by atoms with Gasteiger partial charge in [-0.25, -0.2) is 4.98 Å². The molecule has 5 heteroatoms. The molecule has 0 radical (unpaired) electrons. The number of piperidine rings is 1. The Hall–Kier alpha value is -1.36. The molecule has 16 heavy (non-hydrogen) atoms. The van der Waals surface area contributed by atoms with E-state index in [-0.39, 0.29) is 11.9 Å². The normalized spacial score (nSPS) is 25.3. The molecule has 3 N–H and O–H groups in total. The minimum absolute atomic E-state index is 0.0429. The second-order valence-corrected chi connectivity index (χ2v) is 4.39. The molecule has 88 valence electrons. The number of H-pyrrole nitrogens is 1. The first-order chi connectivity index (χ1) is 7.75. The molecule has 1 aliphatic heterocycles. The van der Waals surface area contributed by atoms with E-state index in [0.29, 0.717) is 12.5 Å². The lowest BCUT2D eigenvalue weighted by Crippen LogP contribution is -2.48. The Morgan fingerprint density at radius 1 is 1.69 bits per heavy atom. The molecular weight excluding hydrogens is 204 g/mol. The van der Waals surface area contributed by atoms with Crippen molar-refractivity contribution in [3.8, 4) is 0 Å². The maximum Gasteiger partial charge on any atom is 0.237 e. The van der Waals surface area contributed by atoms with Gasteiger partial charge in [0.25, 0.3) is 0 Å². The molecule has 0 aromatic carbocycles. The van der Waals surface area contributed by atoms with Gasteiger partial charge in [-0.2, -0.15) is 0 Å². The van der Waals surface area contributed by atoms with Crippen LogP contribution in [0.15, 0.2) is 12.4 Å². The summed E-state index contributed by atoms with van der Waals surface area (Å²) in [4.78, 5) is 18.8. The number of carbonyl (C=O) groups is 1. The number of rotatable bonds is 3. The van der Waals surface area contributed by atoms with Crippen LogP contribution in [-0.4, -0.2) is 28.5 Å². The Labute approximate surface area is 95.0 Å². The van der Waals surface area contributed by atoms with Gasteiger partial charge in [0.15, 0.2) is 0 Å². The van der Waals surface area contributed by atoms with Gasteiger partial charge < -0.3 is 15.6 Å². The van der Waals surface area contributed by atoms with Crippen LogP contribution < -0.4 is 10.6 Å². The number of carbonyl (C=O) groups excluding carboxylic acids is 1. The zero-order valence-electron chi connectivity index (χ0n) is 9.49. The molecule has 0 aliphatic carbocycles. The minimum Gasteiger partial charge on any atom is -0.348 e. The van der Waals surface area contributed by atoms with Crippen molar-refractivity contribution in [1.29, 1.82) is 0 Å². The Morgan fingerprint density at radius 3 is 3.25 bits per heavy atom. The molecular formula is C11H18N4O. The Balaban J connectivity index is 1.79. The first-order valence-corrected chi connectivity index (χ1v) is 5.75. The van der Waals surface area contributed by atoms with Gasteiger partial charge in [0.05, 0.1) is 12.6 Å². The van der Waals surface area contributed by atoms with Crippen molar-refractivity contribution in [3.63, 3.8) is 0 Å². The lowest BCUT2D eigenvalue weighted by atomic mass is 9.94. The van der Waals surface area contributed by atoms with Crippen LogP contribution in [0.1, 0.15) is 25.6 Å². The molecule has 0 saturated carbocycles. The van der Waals surface area contributed by atoms with Crippen molar-refractivity contribution in [2.45, 2.75) is 32.4 Å². The molecule has 2 heterocycles. The molecule has 1 aliphatic rings. The van der Waals surface area contributed by atoms with E-state index < -0.39 is 0 Å². The third kappa shape index (κ3) is 2.82. The number of aromatic amines is 1. The number of amides is 1. The standard InChI is InChI=1S/C11H18N4O/c1-8-2-3-12-9(6-8)11(16)15-7-10-13-4-5-14-10/h4-5,8-9,12H,2-3,6-7H2,1H3,(H,13,14)(H,15,16). The number of nitrogens with zero attached hydrogens (tertiary/aromatic N) is 1. The van der Waals surface area contributed by atoms with E-state index in [1.165, 1.54) is 0 Å². The predicted octanol–water partition coefficient (Wildman–Crippen LogP) is 0.414. The minimum atomic E-state index is -0.0429. The number of hydrogen-bond donors (Lipinski definition) is 3. The summed E-state index contributed by atoms with van der Waals surface area (Å²) in [5.74, 6) is 1.49. The summed E-state index contributed by atoms with van der Waals surface area (Å²) in [5, 5.41) is 6.12. The van der Waals surface area contributed by atoms with E-state index in [1.807, 2.05) is 0 Å². The summed E-state index contributed by atoms with van der Waals surface area (Å²) in [6.07, 6.45) is 5.51. The van der Waals surface area contributed by atoms with Crippen LogP contribution >= 0.6 is 0 Å². The van der Waals surface area contributed by atoms with Gasteiger partial charge >= 0.3 is 0 Å². The van der Waals surface area contributed by atoms with E-state index in [2.05, 4.69) is 27.5 Å². The fourth-order valence-electron chi connectivity index (χ4n) is 2.00. The zero-order chi connectivity index (χ0) is 11.4. The number of nitrogens with one attached hydrogen (secondary N) is 3. The van der Waals surface area contributed by atoms with Crippen LogP contribution in [0.5, 0.6) is 0 Å². The van der Waals surface area contributed by atoms with Gasteiger partial charge in [-0.3, -0.25) is 4.79 Å². The Bertz CT molecular complexity index is 336. The van der Waals surface area contributed by atoms with Crippen LogP contribution in [0.25, 0.3) is 0 Å². The summed E-state index contributed by atoms with van der Waals surface area (Å²) < 4.78 is 0.